The second-order valence-electron chi connectivity index (χ2n) is 11.5. The highest BCUT2D eigenvalue weighted by Gasteiger charge is 2.41. The van der Waals surface area contributed by atoms with Crippen molar-refractivity contribution in [3.63, 3.8) is 0 Å². The fraction of sp³-hybridized carbons (Fsp3) is 0.484. The van der Waals surface area contributed by atoms with Crippen molar-refractivity contribution >= 4 is 0 Å². The number of pyridine rings is 2. The number of methoxy groups -OCH3 is 4. The monoisotopic (exact) mass is 506 g/mol. The van der Waals surface area contributed by atoms with Crippen LogP contribution in [0.25, 0.3) is 0 Å². The second kappa shape index (κ2) is 11.3. The fourth-order valence-corrected chi connectivity index (χ4v) is 5.00. The molecule has 0 unspecified atom stereocenters. The number of ether oxygens (including phenoxy) is 4. The van der Waals surface area contributed by atoms with E-state index < -0.39 is 5.60 Å². The molecule has 6 nitrogen and oxygen atoms in total. The summed E-state index contributed by atoms with van der Waals surface area (Å²) in [5.74, 6) is 0.761. The Morgan fingerprint density at radius 1 is 0.595 bits per heavy atom. The first-order valence-electron chi connectivity index (χ1n) is 12.6. The van der Waals surface area contributed by atoms with Gasteiger partial charge in [0, 0.05) is 21.3 Å². The van der Waals surface area contributed by atoms with E-state index in [9.17, 15) is 0 Å². The Kier molecular flexibility index (Phi) is 8.78. The van der Waals surface area contributed by atoms with Gasteiger partial charge in [-0.2, -0.15) is 0 Å². The van der Waals surface area contributed by atoms with Crippen LogP contribution in [0.4, 0.5) is 0 Å². The van der Waals surface area contributed by atoms with Gasteiger partial charge < -0.3 is 18.9 Å². The summed E-state index contributed by atoms with van der Waals surface area (Å²) in [6.07, 6.45) is -0.396. The zero-order valence-corrected chi connectivity index (χ0v) is 24.0. The van der Waals surface area contributed by atoms with Crippen molar-refractivity contribution in [2.45, 2.75) is 59.4 Å². The highest BCUT2D eigenvalue weighted by atomic mass is 16.5. The average Bonchev–Trinajstić information content (AvgIpc) is 2.85. The molecule has 1 aromatic carbocycles. The summed E-state index contributed by atoms with van der Waals surface area (Å²) in [7, 11) is 6.80. The third kappa shape index (κ3) is 5.87. The van der Waals surface area contributed by atoms with Crippen LogP contribution in [0.2, 0.25) is 0 Å². The van der Waals surface area contributed by atoms with Crippen LogP contribution in [0.5, 0.6) is 5.75 Å². The number of benzene rings is 1. The topological polar surface area (TPSA) is 62.7 Å². The Labute approximate surface area is 222 Å². The molecule has 0 fully saturated rings. The summed E-state index contributed by atoms with van der Waals surface area (Å²) >= 11 is 0. The zero-order chi connectivity index (χ0) is 27.4. The standard InChI is InChI=1S/C31H42N2O4/c1-29(2,3)27(35-8)23-13-11-15-25(32-23)31(37-10,21-17-19-22(34-7)20-18-21)26-16-12-14-24(33-26)28(36-9)30(4,5)6/h11-20,27-28H,1-10H3/t27-,28-/m0/s1. The lowest BCUT2D eigenvalue weighted by Gasteiger charge is -2.35. The first-order valence-corrected chi connectivity index (χ1v) is 12.6. The minimum Gasteiger partial charge on any atom is -0.497 e. The van der Waals surface area contributed by atoms with Crippen molar-refractivity contribution < 1.29 is 18.9 Å². The van der Waals surface area contributed by atoms with E-state index in [0.717, 1.165) is 34.1 Å². The lowest BCUT2D eigenvalue weighted by Crippen LogP contribution is -2.35. The Hall–Kier alpha value is -2.80. The first kappa shape index (κ1) is 28.8. The molecule has 6 heteroatoms. The number of hydrogen-bond donors (Lipinski definition) is 0. The third-order valence-electron chi connectivity index (χ3n) is 6.65. The zero-order valence-electron chi connectivity index (χ0n) is 24.0. The first-order chi connectivity index (χ1) is 17.4. The van der Waals surface area contributed by atoms with E-state index in [4.69, 9.17) is 28.9 Å². The number of aromatic nitrogens is 2. The lowest BCUT2D eigenvalue weighted by atomic mass is 9.83. The van der Waals surface area contributed by atoms with Gasteiger partial charge in [-0.25, -0.2) is 0 Å². The molecule has 3 aromatic rings. The van der Waals surface area contributed by atoms with Gasteiger partial charge in [-0.05, 0) is 52.8 Å². The van der Waals surface area contributed by atoms with Gasteiger partial charge >= 0.3 is 0 Å². The molecule has 3 rings (SSSR count). The summed E-state index contributed by atoms with van der Waals surface area (Å²) in [6, 6.07) is 19.8. The van der Waals surface area contributed by atoms with Gasteiger partial charge in [-0.1, -0.05) is 65.8 Å². The van der Waals surface area contributed by atoms with Crippen molar-refractivity contribution in [2.24, 2.45) is 10.8 Å². The molecule has 200 valence electrons. The van der Waals surface area contributed by atoms with Crippen LogP contribution in [0.3, 0.4) is 0 Å². The summed E-state index contributed by atoms with van der Waals surface area (Å²) < 4.78 is 23.6. The summed E-state index contributed by atoms with van der Waals surface area (Å²) in [4.78, 5) is 10.3. The van der Waals surface area contributed by atoms with Gasteiger partial charge in [0.15, 0.2) is 5.60 Å². The quantitative estimate of drug-likeness (QED) is 0.315. The van der Waals surface area contributed by atoms with Crippen LogP contribution >= 0.6 is 0 Å². The summed E-state index contributed by atoms with van der Waals surface area (Å²) in [5.41, 5.74) is 2.63. The smallest absolute Gasteiger partial charge is 0.176 e. The Morgan fingerprint density at radius 3 is 1.35 bits per heavy atom. The highest BCUT2D eigenvalue weighted by Crippen LogP contribution is 2.42. The average molecular weight is 507 g/mol. The van der Waals surface area contributed by atoms with Gasteiger partial charge in [0.25, 0.3) is 0 Å². The predicted octanol–water partition coefficient (Wildman–Crippen LogP) is 6.89. The van der Waals surface area contributed by atoms with Gasteiger partial charge in [0.1, 0.15) is 18.0 Å². The number of nitrogens with zero attached hydrogens (tertiary/aromatic N) is 2. The van der Waals surface area contributed by atoms with E-state index in [0.29, 0.717) is 0 Å². The molecule has 0 spiro atoms. The Bertz CT molecular complexity index is 1100. The molecular formula is C31H42N2O4. The van der Waals surface area contributed by atoms with Gasteiger partial charge in [0.05, 0.1) is 29.9 Å². The summed E-state index contributed by atoms with van der Waals surface area (Å²) in [5, 5.41) is 0. The molecule has 0 saturated carbocycles. The lowest BCUT2D eigenvalue weighted by molar-refractivity contribution is 0.00849. The van der Waals surface area contributed by atoms with E-state index >= 15 is 0 Å². The van der Waals surface area contributed by atoms with Crippen molar-refractivity contribution in [2.75, 3.05) is 28.4 Å². The molecule has 0 amide bonds. The highest BCUT2D eigenvalue weighted by molar-refractivity contribution is 5.45. The van der Waals surface area contributed by atoms with Gasteiger partial charge in [-0.15, -0.1) is 0 Å². The minimum atomic E-state index is -1.08. The summed E-state index contributed by atoms with van der Waals surface area (Å²) in [6.45, 7) is 12.9. The van der Waals surface area contributed by atoms with E-state index in [1.54, 1.807) is 28.4 Å². The van der Waals surface area contributed by atoms with E-state index in [1.165, 1.54) is 0 Å². The van der Waals surface area contributed by atoms with E-state index in [2.05, 4.69) is 41.5 Å². The molecule has 0 N–H and O–H groups in total. The molecule has 0 saturated heterocycles. The van der Waals surface area contributed by atoms with Gasteiger partial charge in [-0.3, -0.25) is 9.97 Å². The van der Waals surface area contributed by atoms with Crippen LogP contribution in [0.15, 0.2) is 60.7 Å². The molecular weight excluding hydrogens is 464 g/mol. The van der Waals surface area contributed by atoms with Crippen LogP contribution in [-0.4, -0.2) is 38.4 Å². The molecule has 0 aliphatic heterocycles. The molecule has 2 atom stereocenters. The van der Waals surface area contributed by atoms with Crippen LogP contribution < -0.4 is 4.74 Å². The fourth-order valence-electron chi connectivity index (χ4n) is 5.00. The normalized spacial score (nSPS) is 14.3. The maximum Gasteiger partial charge on any atom is 0.176 e. The molecule has 0 aliphatic rings. The Balaban J connectivity index is 2.32. The SMILES string of the molecule is COc1ccc(C(OC)(c2cccc([C@H](OC)C(C)(C)C)n2)c2cccc([C@H](OC)C(C)(C)C)n2)cc1. The van der Waals surface area contributed by atoms with Gasteiger partial charge in [0.2, 0.25) is 0 Å². The molecule has 0 radical (unpaired) electrons. The maximum atomic E-state index is 6.43. The van der Waals surface area contributed by atoms with Crippen LogP contribution in [0.1, 0.15) is 82.1 Å². The predicted molar refractivity (Wildman–Crippen MR) is 147 cm³/mol. The Morgan fingerprint density at radius 2 is 1.03 bits per heavy atom. The van der Waals surface area contributed by atoms with Crippen molar-refractivity contribution in [1.29, 1.82) is 0 Å². The van der Waals surface area contributed by atoms with Crippen molar-refractivity contribution in [1.82, 2.24) is 9.97 Å². The number of rotatable bonds is 9. The van der Waals surface area contributed by atoms with Crippen LogP contribution in [0, 0.1) is 10.8 Å². The molecule has 37 heavy (non-hydrogen) atoms. The second-order valence-corrected chi connectivity index (χ2v) is 11.5. The molecule has 0 aliphatic carbocycles. The molecule has 2 aromatic heterocycles. The molecule has 0 bridgehead atoms. The number of hydrogen-bond acceptors (Lipinski definition) is 6. The van der Waals surface area contributed by atoms with Crippen molar-refractivity contribution in [3.05, 3.63) is 89.0 Å². The minimum absolute atomic E-state index is 0.146. The van der Waals surface area contributed by atoms with E-state index in [-0.39, 0.29) is 23.0 Å². The van der Waals surface area contributed by atoms with Crippen LogP contribution in [-0.2, 0) is 19.8 Å². The maximum absolute atomic E-state index is 6.43. The van der Waals surface area contributed by atoms with E-state index in [1.807, 2.05) is 60.7 Å². The molecule has 2 heterocycles. The van der Waals surface area contributed by atoms with Crippen molar-refractivity contribution in [3.8, 4) is 5.75 Å². The third-order valence-corrected chi connectivity index (χ3v) is 6.65. The largest absolute Gasteiger partial charge is 0.497 e.